The summed E-state index contributed by atoms with van der Waals surface area (Å²) in [4.78, 5) is 8.31. The molecule has 0 aliphatic heterocycles. The molecule has 0 fully saturated rings. The van der Waals surface area contributed by atoms with Gasteiger partial charge in [-0.1, -0.05) is 11.6 Å². The molecule has 6 nitrogen and oxygen atoms in total. The van der Waals surface area contributed by atoms with E-state index in [0.29, 0.717) is 11.0 Å². The maximum absolute atomic E-state index is 5.88. The summed E-state index contributed by atoms with van der Waals surface area (Å²) in [7, 11) is 0. The Labute approximate surface area is 108 Å². The van der Waals surface area contributed by atoms with Gasteiger partial charge >= 0.3 is 0 Å². The van der Waals surface area contributed by atoms with E-state index in [-0.39, 0.29) is 0 Å². The molecule has 0 radical (unpaired) electrons. The highest BCUT2D eigenvalue weighted by atomic mass is 35.5. The molecule has 0 unspecified atom stereocenters. The summed E-state index contributed by atoms with van der Waals surface area (Å²) in [5.41, 5.74) is 0.768. The first-order chi connectivity index (χ1) is 8.81. The second-order valence-corrected chi connectivity index (χ2v) is 4.25. The predicted molar refractivity (Wildman–Crippen MR) is 68.7 cm³/mol. The van der Waals surface area contributed by atoms with E-state index in [1.165, 1.54) is 0 Å². The molecule has 1 N–H and O–H groups in total. The number of rotatable bonds is 4. The summed E-state index contributed by atoms with van der Waals surface area (Å²) in [6.07, 6.45) is 7.17. The van der Waals surface area contributed by atoms with Crippen molar-refractivity contribution < 1.29 is 0 Å². The molecule has 0 saturated carbocycles. The van der Waals surface area contributed by atoms with Crippen molar-refractivity contribution in [3.8, 4) is 0 Å². The second kappa shape index (κ2) is 4.66. The highest BCUT2D eigenvalue weighted by molar-refractivity contribution is 6.30. The monoisotopic (exact) mass is 262 g/mol. The van der Waals surface area contributed by atoms with E-state index in [1.807, 2.05) is 16.8 Å². The fourth-order valence-electron chi connectivity index (χ4n) is 1.65. The quantitative estimate of drug-likeness (QED) is 0.777. The van der Waals surface area contributed by atoms with E-state index in [4.69, 9.17) is 11.6 Å². The Bertz CT molecular complexity index is 645. The van der Waals surface area contributed by atoms with E-state index in [1.54, 1.807) is 29.3 Å². The van der Waals surface area contributed by atoms with Gasteiger partial charge in [0, 0.05) is 31.7 Å². The van der Waals surface area contributed by atoms with Crippen molar-refractivity contribution in [1.82, 2.24) is 24.1 Å². The summed E-state index contributed by atoms with van der Waals surface area (Å²) in [5.74, 6) is 0.595. The highest BCUT2D eigenvalue weighted by Crippen LogP contribution is 2.11. The predicted octanol–water partition coefficient (Wildman–Crippen LogP) is 1.69. The number of halogens is 1. The van der Waals surface area contributed by atoms with Crippen LogP contribution in [0.4, 0.5) is 5.95 Å². The van der Waals surface area contributed by atoms with Crippen LogP contribution >= 0.6 is 11.6 Å². The Hall–Kier alpha value is -2.08. The third kappa shape index (κ3) is 2.28. The molecule has 3 aromatic rings. The molecule has 0 spiro atoms. The maximum Gasteiger partial charge on any atom is 0.243 e. The minimum absolute atomic E-state index is 0.595. The van der Waals surface area contributed by atoms with E-state index in [0.717, 1.165) is 18.7 Å². The molecule has 0 aliphatic carbocycles. The van der Waals surface area contributed by atoms with Crippen LogP contribution in [-0.2, 0) is 6.54 Å². The fourth-order valence-corrected chi connectivity index (χ4v) is 1.80. The lowest BCUT2D eigenvalue weighted by molar-refractivity contribution is 0.723. The number of fused-ring (bicyclic) bond motifs is 1. The van der Waals surface area contributed by atoms with Crippen LogP contribution in [0.5, 0.6) is 0 Å². The molecule has 0 aliphatic rings. The summed E-state index contributed by atoms with van der Waals surface area (Å²) < 4.78 is 3.64. The molecule has 18 heavy (non-hydrogen) atoms. The van der Waals surface area contributed by atoms with Crippen molar-refractivity contribution >= 4 is 23.2 Å². The van der Waals surface area contributed by atoms with Crippen LogP contribution in [0.25, 0.3) is 5.65 Å². The van der Waals surface area contributed by atoms with Gasteiger partial charge in [0.15, 0.2) is 5.65 Å². The first kappa shape index (κ1) is 11.0. The summed E-state index contributed by atoms with van der Waals surface area (Å²) in [6.45, 7) is 1.55. The molecule has 7 heteroatoms. The van der Waals surface area contributed by atoms with E-state index in [2.05, 4.69) is 20.4 Å². The zero-order chi connectivity index (χ0) is 12.4. The Morgan fingerprint density at radius 2 is 2.28 bits per heavy atom. The van der Waals surface area contributed by atoms with Gasteiger partial charge in [-0.25, -0.2) is 9.50 Å². The normalized spacial score (nSPS) is 10.9. The van der Waals surface area contributed by atoms with Gasteiger partial charge in [0.05, 0.1) is 11.3 Å². The SMILES string of the molecule is Clc1ccc2nc(NCCn3ccnc3)nn2c1. The van der Waals surface area contributed by atoms with Crippen LogP contribution in [0.3, 0.4) is 0 Å². The summed E-state index contributed by atoms with van der Waals surface area (Å²) in [5, 5.41) is 8.07. The van der Waals surface area contributed by atoms with Crippen LogP contribution in [0.1, 0.15) is 0 Å². The molecule has 92 valence electrons. The zero-order valence-electron chi connectivity index (χ0n) is 9.49. The number of pyridine rings is 1. The fraction of sp³-hybridized carbons (Fsp3) is 0.182. The lowest BCUT2D eigenvalue weighted by Gasteiger charge is -2.01. The van der Waals surface area contributed by atoms with Gasteiger partial charge in [-0.3, -0.25) is 0 Å². The van der Waals surface area contributed by atoms with Crippen LogP contribution in [0.15, 0.2) is 37.1 Å². The Kier molecular flexibility index (Phi) is 2.85. The van der Waals surface area contributed by atoms with Gasteiger partial charge in [0.1, 0.15) is 0 Å². The van der Waals surface area contributed by atoms with Crippen LogP contribution < -0.4 is 5.32 Å². The topological polar surface area (TPSA) is 60.0 Å². The Morgan fingerprint density at radius 1 is 1.33 bits per heavy atom. The zero-order valence-corrected chi connectivity index (χ0v) is 10.2. The van der Waals surface area contributed by atoms with Crippen LogP contribution in [0, 0.1) is 0 Å². The minimum atomic E-state index is 0.595. The average molecular weight is 263 g/mol. The van der Waals surface area contributed by atoms with Gasteiger partial charge < -0.3 is 9.88 Å². The largest absolute Gasteiger partial charge is 0.351 e. The van der Waals surface area contributed by atoms with Crippen LogP contribution in [0.2, 0.25) is 5.02 Å². The lowest BCUT2D eigenvalue weighted by atomic mass is 10.5. The van der Waals surface area contributed by atoms with E-state index < -0.39 is 0 Å². The Balaban J connectivity index is 1.67. The molecule has 0 aromatic carbocycles. The number of nitrogens with one attached hydrogen (secondary N) is 1. The van der Waals surface area contributed by atoms with Crippen molar-refractivity contribution in [1.29, 1.82) is 0 Å². The third-order valence-electron chi connectivity index (χ3n) is 2.51. The van der Waals surface area contributed by atoms with Gasteiger partial charge in [0.25, 0.3) is 0 Å². The Morgan fingerprint density at radius 3 is 3.11 bits per heavy atom. The number of hydrogen-bond acceptors (Lipinski definition) is 4. The molecule has 0 bridgehead atoms. The van der Waals surface area contributed by atoms with Gasteiger partial charge in [-0.15, -0.1) is 5.10 Å². The van der Waals surface area contributed by atoms with E-state index in [9.17, 15) is 0 Å². The van der Waals surface area contributed by atoms with Gasteiger partial charge in [0.2, 0.25) is 5.95 Å². The summed E-state index contributed by atoms with van der Waals surface area (Å²) >= 11 is 5.88. The molecule has 0 atom stereocenters. The number of aromatic nitrogens is 5. The minimum Gasteiger partial charge on any atom is -0.351 e. The molecular formula is C11H11ClN6. The lowest BCUT2D eigenvalue weighted by Crippen LogP contribution is -2.10. The van der Waals surface area contributed by atoms with Gasteiger partial charge in [-0.2, -0.15) is 4.98 Å². The molecular weight excluding hydrogens is 252 g/mol. The molecule has 0 amide bonds. The maximum atomic E-state index is 5.88. The number of nitrogens with zero attached hydrogens (tertiary/aromatic N) is 5. The number of imidazole rings is 1. The second-order valence-electron chi connectivity index (χ2n) is 3.81. The number of anilines is 1. The number of hydrogen-bond donors (Lipinski definition) is 1. The third-order valence-corrected chi connectivity index (χ3v) is 2.73. The first-order valence-corrected chi connectivity index (χ1v) is 5.90. The van der Waals surface area contributed by atoms with Crippen molar-refractivity contribution in [3.05, 3.63) is 42.1 Å². The van der Waals surface area contributed by atoms with Gasteiger partial charge in [-0.05, 0) is 12.1 Å². The standard InChI is InChI=1S/C11H11ClN6/c12-9-1-2-10-15-11(16-18(10)7-9)14-4-6-17-5-3-13-8-17/h1-3,5,7-8H,4,6H2,(H,14,16). The van der Waals surface area contributed by atoms with E-state index >= 15 is 0 Å². The molecule has 3 aromatic heterocycles. The van der Waals surface area contributed by atoms with Crippen molar-refractivity contribution in [2.45, 2.75) is 6.54 Å². The molecule has 3 heterocycles. The van der Waals surface area contributed by atoms with Crippen LogP contribution in [-0.4, -0.2) is 30.7 Å². The molecule has 0 saturated heterocycles. The first-order valence-electron chi connectivity index (χ1n) is 5.53. The van der Waals surface area contributed by atoms with Crippen molar-refractivity contribution in [3.63, 3.8) is 0 Å². The average Bonchev–Trinajstić information content (AvgIpc) is 2.97. The smallest absolute Gasteiger partial charge is 0.243 e. The van der Waals surface area contributed by atoms with Crippen molar-refractivity contribution in [2.24, 2.45) is 0 Å². The van der Waals surface area contributed by atoms with Crippen molar-refractivity contribution in [2.75, 3.05) is 11.9 Å². The molecule has 3 rings (SSSR count). The summed E-state index contributed by atoms with van der Waals surface area (Å²) in [6, 6.07) is 3.62. The highest BCUT2D eigenvalue weighted by Gasteiger charge is 2.02.